The molecule has 1 heterocycles. The predicted molar refractivity (Wildman–Crippen MR) is 98.0 cm³/mol. The predicted octanol–water partition coefficient (Wildman–Crippen LogP) is 2.49. The summed E-state index contributed by atoms with van der Waals surface area (Å²) >= 11 is 0. The lowest BCUT2D eigenvalue weighted by Crippen LogP contribution is -2.39. The number of hydrogen-bond acceptors (Lipinski definition) is 6. The van der Waals surface area contributed by atoms with Crippen LogP contribution in [0, 0.1) is 12.8 Å². The van der Waals surface area contributed by atoms with Crippen LogP contribution in [0.4, 0.5) is 5.82 Å². The molecule has 1 aliphatic rings. The van der Waals surface area contributed by atoms with E-state index in [0.29, 0.717) is 41.1 Å². The molecule has 0 unspecified atom stereocenters. The molecule has 0 saturated heterocycles. The highest BCUT2D eigenvalue weighted by atomic mass is 16.5. The summed E-state index contributed by atoms with van der Waals surface area (Å²) in [5.41, 5.74) is 0.414. The lowest BCUT2D eigenvalue weighted by molar-refractivity contribution is -0.117. The van der Waals surface area contributed by atoms with Crippen molar-refractivity contribution in [2.45, 2.75) is 19.8 Å². The summed E-state index contributed by atoms with van der Waals surface area (Å²) in [6.07, 6.45) is 2.13. The van der Waals surface area contributed by atoms with E-state index in [1.165, 1.54) is 14.2 Å². The molecule has 0 spiro atoms. The molecule has 1 fully saturated rings. The normalized spacial score (nSPS) is 13.1. The van der Waals surface area contributed by atoms with E-state index in [1.54, 1.807) is 36.1 Å². The first kappa shape index (κ1) is 18.8. The van der Waals surface area contributed by atoms with Gasteiger partial charge in [0.25, 0.3) is 5.91 Å². The van der Waals surface area contributed by atoms with Gasteiger partial charge in [-0.15, -0.1) is 0 Å². The molecule has 2 amide bonds. The maximum Gasteiger partial charge on any atom is 0.254 e. The standard InChI is InChI=1S/C19H23N3O5/c1-12-6-17(21-27-12)20-18(23)11-22(10-13-4-5-13)19(24)14-7-15(25-2)9-16(8-14)26-3/h6-9,13H,4-5,10-11H2,1-3H3,(H,20,21,23). The molecule has 0 aliphatic heterocycles. The molecule has 8 nitrogen and oxygen atoms in total. The molecule has 8 heteroatoms. The molecule has 0 bridgehead atoms. The van der Waals surface area contributed by atoms with Crippen molar-refractivity contribution >= 4 is 17.6 Å². The molecule has 0 atom stereocenters. The van der Waals surface area contributed by atoms with E-state index in [1.807, 2.05) is 0 Å². The van der Waals surface area contributed by atoms with Crippen molar-refractivity contribution in [1.29, 1.82) is 0 Å². The van der Waals surface area contributed by atoms with Crippen molar-refractivity contribution in [1.82, 2.24) is 10.1 Å². The summed E-state index contributed by atoms with van der Waals surface area (Å²) in [7, 11) is 3.05. The Bertz CT molecular complexity index is 806. The van der Waals surface area contributed by atoms with Gasteiger partial charge in [-0.1, -0.05) is 5.16 Å². The van der Waals surface area contributed by atoms with E-state index < -0.39 is 0 Å². The summed E-state index contributed by atoms with van der Waals surface area (Å²) in [5.74, 6) is 1.83. The minimum Gasteiger partial charge on any atom is -0.497 e. The zero-order valence-electron chi connectivity index (χ0n) is 15.7. The van der Waals surface area contributed by atoms with E-state index in [-0.39, 0.29) is 18.4 Å². The van der Waals surface area contributed by atoms with Gasteiger partial charge in [-0.25, -0.2) is 0 Å². The maximum atomic E-state index is 13.0. The molecule has 1 aliphatic carbocycles. The Morgan fingerprint density at radius 2 is 1.85 bits per heavy atom. The lowest BCUT2D eigenvalue weighted by atomic mass is 10.1. The zero-order chi connectivity index (χ0) is 19.4. The van der Waals surface area contributed by atoms with Crippen LogP contribution >= 0.6 is 0 Å². The third-order valence-corrected chi connectivity index (χ3v) is 4.29. The minimum absolute atomic E-state index is 0.0687. The molecule has 1 aromatic carbocycles. The Morgan fingerprint density at radius 1 is 1.19 bits per heavy atom. The second-order valence-electron chi connectivity index (χ2n) is 6.60. The van der Waals surface area contributed by atoms with Crippen LogP contribution in [0.1, 0.15) is 29.0 Å². The van der Waals surface area contributed by atoms with E-state index >= 15 is 0 Å². The van der Waals surface area contributed by atoms with Crippen LogP contribution in [0.2, 0.25) is 0 Å². The number of carbonyl (C=O) groups excluding carboxylic acids is 2. The first-order valence-electron chi connectivity index (χ1n) is 8.74. The Hall–Kier alpha value is -3.03. The number of nitrogens with one attached hydrogen (secondary N) is 1. The number of hydrogen-bond donors (Lipinski definition) is 1. The Balaban J connectivity index is 1.75. The van der Waals surface area contributed by atoms with Crippen LogP contribution in [-0.2, 0) is 4.79 Å². The Kier molecular flexibility index (Phi) is 5.63. The number of anilines is 1. The highest BCUT2D eigenvalue weighted by molar-refractivity contribution is 5.99. The van der Waals surface area contributed by atoms with Gasteiger partial charge in [-0.05, 0) is 37.8 Å². The number of nitrogens with zero attached hydrogens (tertiary/aromatic N) is 2. The molecular formula is C19H23N3O5. The topological polar surface area (TPSA) is 93.9 Å². The molecule has 1 aromatic heterocycles. The molecule has 1 saturated carbocycles. The summed E-state index contributed by atoms with van der Waals surface area (Å²) in [6, 6.07) is 6.60. The molecule has 0 radical (unpaired) electrons. The van der Waals surface area contributed by atoms with E-state index in [9.17, 15) is 9.59 Å². The van der Waals surface area contributed by atoms with Gasteiger partial charge in [0.1, 0.15) is 23.8 Å². The average molecular weight is 373 g/mol. The summed E-state index contributed by atoms with van der Waals surface area (Å²) in [5, 5.41) is 6.39. The van der Waals surface area contributed by atoms with Gasteiger partial charge in [0.2, 0.25) is 5.91 Å². The average Bonchev–Trinajstić information content (AvgIpc) is 3.39. The molecule has 2 aromatic rings. The van der Waals surface area contributed by atoms with Gasteiger partial charge in [0, 0.05) is 24.2 Å². The second kappa shape index (κ2) is 8.11. The fourth-order valence-electron chi connectivity index (χ4n) is 2.73. The quantitative estimate of drug-likeness (QED) is 0.764. The van der Waals surface area contributed by atoms with E-state index in [4.69, 9.17) is 14.0 Å². The molecule has 144 valence electrons. The summed E-state index contributed by atoms with van der Waals surface area (Å²) in [4.78, 5) is 27.0. The van der Waals surface area contributed by atoms with Crippen LogP contribution in [0.25, 0.3) is 0 Å². The van der Waals surface area contributed by atoms with Gasteiger partial charge in [0.05, 0.1) is 14.2 Å². The Labute approximate surface area is 157 Å². The number of carbonyl (C=O) groups is 2. The zero-order valence-corrected chi connectivity index (χ0v) is 15.7. The van der Waals surface area contributed by atoms with Crippen molar-refractivity contribution in [2.75, 3.05) is 32.6 Å². The van der Waals surface area contributed by atoms with Crippen LogP contribution < -0.4 is 14.8 Å². The number of aromatic nitrogens is 1. The van der Waals surface area contributed by atoms with Crippen molar-refractivity contribution < 1.29 is 23.6 Å². The number of aryl methyl sites for hydroxylation is 1. The molecular weight excluding hydrogens is 350 g/mol. The van der Waals surface area contributed by atoms with Gasteiger partial charge >= 0.3 is 0 Å². The highest BCUT2D eigenvalue weighted by Crippen LogP contribution is 2.31. The van der Waals surface area contributed by atoms with Crippen molar-refractivity contribution in [2.24, 2.45) is 5.92 Å². The third-order valence-electron chi connectivity index (χ3n) is 4.29. The number of amides is 2. The highest BCUT2D eigenvalue weighted by Gasteiger charge is 2.29. The van der Waals surface area contributed by atoms with E-state index in [2.05, 4.69) is 10.5 Å². The first-order chi connectivity index (χ1) is 13.0. The second-order valence-corrected chi connectivity index (χ2v) is 6.60. The van der Waals surface area contributed by atoms with Gasteiger partial charge in [-0.2, -0.15) is 0 Å². The van der Waals surface area contributed by atoms with Crippen LogP contribution in [-0.4, -0.2) is 49.2 Å². The fraction of sp³-hybridized carbons (Fsp3) is 0.421. The van der Waals surface area contributed by atoms with Crippen molar-refractivity contribution in [3.63, 3.8) is 0 Å². The molecule has 3 rings (SSSR count). The van der Waals surface area contributed by atoms with Crippen LogP contribution in [0.5, 0.6) is 11.5 Å². The Morgan fingerprint density at radius 3 is 2.37 bits per heavy atom. The first-order valence-corrected chi connectivity index (χ1v) is 8.74. The number of ether oxygens (including phenoxy) is 2. The number of benzene rings is 1. The summed E-state index contributed by atoms with van der Waals surface area (Å²) in [6.45, 7) is 2.20. The third kappa shape index (κ3) is 4.99. The van der Waals surface area contributed by atoms with Gasteiger partial charge in [0.15, 0.2) is 5.82 Å². The smallest absolute Gasteiger partial charge is 0.254 e. The molecule has 1 N–H and O–H groups in total. The van der Waals surface area contributed by atoms with Crippen LogP contribution in [0.3, 0.4) is 0 Å². The lowest BCUT2D eigenvalue weighted by Gasteiger charge is -2.22. The summed E-state index contributed by atoms with van der Waals surface area (Å²) < 4.78 is 15.4. The van der Waals surface area contributed by atoms with Gasteiger partial charge in [-0.3, -0.25) is 9.59 Å². The fourth-order valence-corrected chi connectivity index (χ4v) is 2.73. The largest absolute Gasteiger partial charge is 0.497 e. The van der Waals surface area contributed by atoms with Gasteiger partial charge < -0.3 is 24.2 Å². The van der Waals surface area contributed by atoms with Crippen LogP contribution in [0.15, 0.2) is 28.8 Å². The number of rotatable bonds is 8. The van der Waals surface area contributed by atoms with Crippen molar-refractivity contribution in [3.8, 4) is 11.5 Å². The maximum absolute atomic E-state index is 13.0. The minimum atomic E-state index is -0.327. The van der Waals surface area contributed by atoms with Crippen molar-refractivity contribution in [3.05, 3.63) is 35.6 Å². The monoisotopic (exact) mass is 373 g/mol. The SMILES string of the molecule is COc1cc(OC)cc(C(=O)N(CC(=O)Nc2cc(C)on2)CC2CC2)c1. The number of methoxy groups -OCH3 is 2. The van der Waals surface area contributed by atoms with E-state index in [0.717, 1.165) is 12.8 Å². The molecule has 27 heavy (non-hydrogen) atoms.